The topological polar surface area (TPSA) is 71.4 Å². The number of rotatable bonds is 6. The van der Waals surface area contributed by atoms with Crippen molar-refractivity contribution in [3.05, 3.63) is 57.8 Å². The number of thiophene rings is 1. The molecule has 102 valence electrons. The average Bonchev–Trinajstić information content (AvgIpc) is 2.88. The summed E-state index contributed by atoms with van der Waals surface area (Å²) in [5.74, 6) is -3.09. The van der Waals surface area contributed by atoms with E-state index in [9.17, 15) is 14.4 Å². The second kappa shape index (κ2) is 6.25. The maximum absolute atomic E-state index is 11.8. The highest BCUT2D eigenvalue weighted by molar-refractivity contribution is 7.14. The van der Waals surface area contributed by atoms with E-state index in [1.807, 2.05) is 36.4 Å². The van der Waals surface area contributed by atoms with Gasteiger partial charge in [-0.15, -0.1) is 11.3 Å². The fourth-order valence-corrected chi connectivity index (χ4v) is 2.71. The SMILES string of the molecule is O=C(O)C(=O)CC(=O)c1ccc(Cc2ccccc2)s1. The molecule has 5 heteroatoms. The van der Waals surface area contributed by atoms with E-state index in [-0.39, 0.29) is 0 Å². The van der Waals surface area contributed by atoms with Crippen LogP contribution in [0.4, 0.5) is 0 Å². The number of ketones is 2. The van der Waals surface area contributed by atoms with Gasteiger partial charge in [0.1, 0.15) is 0 Å². The molecule has 0 aliphatic carbocycles. The van der Waals surface area contributed by atoms with Gasteiger partial charge < -0.3 is 5.11 Å². The van der Waals surface area contributed by atoms with Gasteiger partial charge in [0.15, 0.2) is 5.78 Å². The van der Waals surface area contributed by atoms with Gasteiger partial charge >= 0.3 is 5.97 Å². The third-order valence-corrected chi connectivity index (χ3v) is 3.84. The Bertz CT molecular complexity index is 643. The monoisotopic (exact) mass is 288 g/mol. The van der Waals surface area contributed by atoms with Gasteiger partial charge in [0.25, 0.3) is 0 Å². The zero-order valence-corrected chi connectivity index (χ0v) is 11.4. The van der Waals surface area contributed by atoms with Crippen LogP contribution in [0.5, 0.6) is 0 Å². The van der Waals surface area contributed by atoms with Gasteiger partial charge in [-0.25, -0.2) is 4.79 Å². The van der Waals surface area contributed by atoms with E-state index in [0.717, 1.165) is 10.4 Å². The Morgan fingerprint density at radius 1 is 1.00 bits per heavy atom. The number of hydrogen-bond acceptors (Lipinski definition) is 4. The summed E-state index contributed by atoms with van der Waals surface area (Å²) in [6, 6.07) is 13.3. The van der Waals surface area contributed by atoms with Crippen molar-refractivity contribution in [1.82, 2.24) is 0 Å². The van der Waals surface area contributed by atoms with E-state index in [0.29, 0.717) is 11.3 Å². The van der Waals surface area contributed by atoms with Gasteiger partial charge in [0.2, 0.25) is 5.78 Å². The Balaban J connectivity index is 2.04. The quantitative estimate of drug-likeness (QED) is 0.504. The van der Waals surface area contributed by atoms with Crippen LogP contribution < -0.4 is 0 Å². The molecule has 0 fully saturated rings. The zero-order valence-electron chi connectivity index (χ0n) is 10.5. The molecule has 0 spiro atoms. The first-order valence-electron chi connectivity index (χ1n) is 5.98. The van der Waals surface area contributed by atoms with Crippen LogP contribution in [0.3, 0.4) is 0 Å². The minimum Gasteiger partial charge on any atom is -0.475 e. The largest absolute Gasteiger partial charge is 0.475 e. The highest BCUT2D eigenvalue weighted by atomic mass is 32.1. The van der Waals surface area contributed by atoms with Gasteiger partial charge in [0, 0.05) is 11.3 Å². The molecule has 0 bridgehead atoms. The van der Waals surface area contributed by atoms with E-state index >= 15 is 0 Å². The number of benzene rings is 1. The molecular weight excluding hydrogens is 276 g/mol. The molecule has 0 atom stereocenters. The molecule has 0 amide bonds. The summed E-state index contributed by atoms with van der Waals surface area (Å²) < 4.78 is 0. The van der Waals surface area contributed by atoms with Crippen LogP contribution in [0.2, 0.25) is 0 Å². The molecule has 0 aliphatic rings. The van der Waals surface area contributed by atoms with Gasteiger partial charge in [-0.3, -0.25) is 9.59 Å². The van der Waals surface area contributed by atoms with E-state index in [4.69, 9.17) is 5.11 Å². The van der Waals surface area contributed by atoms with Crippen LogP contribution in [0.25, 0.3) is 0 Å². The van der Waals surface area contributed by atoms with Crippen LogP contribution in [-0.2, 0) is 16.0 Å². The molecule has 2 rings (SSSR count). The maximum Gasteiger partial charge on any atom is 0.372 e. The number of hydrogen-bond donors (Lipinski definition) is 1. The van der Waals surface area contributed by atoms with E-state index < -0.39 is 24.0 Å². The molecule has 0 saturated heterocycles. The second-order valence-corrected chi connectivity index (χ2v) is 5.42. The lowest BCUT2D eigenvalue weighted by molar-refractivity contribution is -0.148. The predicted molar refractivity (Wildman–Crippen MR) is 75.2 cm³/mol. The summed E-state index contributed by atoms with van der Waals surface area (Å²) in [5, 5.41) is 8.48. The molecule has 20 heavy (non-hydrogen) atoms. The Labute approximate surface area is 119 Å². The Kier molecular flexibility index (Phi) is 4.42. The molecule has 0 unspecified atom stereocenters. The summed E-state index contributed by atoms with van der Waals surface area (Å²) in [6.45, 7) is 0. The van der Waals surface area contributed by atoms with Crippen molar-refractivity contribution in [2.75, 3.05) is 0 Å². The molecule has 1 aromatic heterocycles. The second-order valence-electron chi connectivity index (χ2n) is 4.26. The summed E-state index contributed by atoms with van der Waals surface area (Å²) in [6.07, 6.45) is 0.131. The van der Waals surface area contributed by atoms with Crippen LogP contribution >= 0.6 is 11.3 Å². The molecule has 1 aromatic carbocycles. The summed E-state index contributed by atoms with van der Waals surface area (Å²) >= 11 is 1.29. The fourth-order valence-electron chi connectivity index (χ4n) is 1.73. The van der Waals surface area contributed by atoms with Crippen molar-refractivity contribution in [1.29, 1.82) is 0 Å². The minimum atomic E-state index is -1.57. The maximum atomic E-state index is 11.8. The molecule has 0 aliphatic heterocycles. The molecular formula is C15H12O4S. The lowest BCUT2D eigenvalue weighted by Crippen LogP contribution is -2.16. The number of carboxylic acid groups (broad SMARTS) is 1. The average molecular weight is 288 g/mol. The summed E-state index contributed by atoms with van der Waals surface area (Å²) in [5.41, 5.74) is 1.13. The predicted octanol–water partition coefficient (Wildman–Crippen LogP) is 2.57. The first kappa shape index (κ1) is 14.1. The van der Waals surface area contributed by atoms with Crippen LogP contribution in [0.1, 0.15) is 26.5 Å². The summed E-state index contributed by atoms with van der Waals surface area (Å²) in [7, 11) is 0. The molecule has 0 saturated carbocycles. The van der Waals surface area contributed by atoms with E-state index in [1.54, 1.807) is 6.07 Å². The van der Waals surface area contributed by atoms with Crippen molar-refractivity contribution < 1.29 is 19.5 Å². The molecule has 4 nitrogen and oxygen atoms in total. The van der Waals surface area contributed by atoms with Crippen molar-refractivity contribution in [3.63, 3.8) is 0 Å². The van der Waals surface area contributed by atoms with Crippen LogP contribution in [-0.4, -0.2) is 22.6 Å². The van der Waals surface area contributed by atoms with Gasteiger partial charge in [0.05, 0.1) is 11.3 Å². The summed E-state index contributed by atoms with van der Waals surface area (Å²) in [4.78, 5) is 34.6. The van der Waals surface area contributed by atoms with Crippen molar-refractivity contribution in [2.24, 2.45) is 0 Å². The third-order valence-electron chi connectivity index (χ3n) is 2.72. The van der Waals surface area contributed by atoms with Crippen molar-refractivity contribution >= 4 is 28.9 Å². The lowest BCUT2D eigenvalue weighted by Gasteiger charge is -1.97. The number of aliphatic carboxylic acids is 1. The highest BCUT2D eigenvalue weighted by Gasteiger charge is 2.19. The Morgan fingerprint density at radius 2 is 1.70 bits per heavy atom. The lowest BCUT2D eigenvalue weighted by atomic mass is 10.1. The number of Topliss-reactive ketones (excluding diaryl/α,β-unsaturated/α-hetero) is 2. The molecule has 1 N–H and O–H groups in total. The van der Waals surface area contributed by atoms with Crippen molar-refractivity contribution in [3.8, 4) is 0 Å². The van der Waals surface area contributed by atoms with E-state index in [2.05, 4.69) is 0 Å². The van der Waals surface area contributed by atoms with E-state index in [1.165, 1.54) is 11.3 Å². The van der Waals surface area contributed by atoms with Gasteiger partial charge in [-0.2, -0.15) is 0 Å². The smallest absolute Gasteiger partial charge is 0.372 e. The molecule has 1 heterocycles. The van der Waals surface area contributed by atoms with Gasteiger partial charge in [-0.05, 0) is 17.7 Å². The third kappa shape index (κ3) is 3.61. The fraction of sp³-hybridized carbons (Fsp3) is 0.133. The van der Waals surface area contributed by atoms with Crippen LogP contribution in [0.15, 0.2) is 42.5 Å². The minimum absolute atomic E-state index is 0.422. The van der Waals surface area contributed by atoms with Crippen LogP contribution in [0, 0.1) is 0 Å². The Morgan fingerprint density at radius 3 is 2.35 bits per heavy atom. The standard InChI is InChI=1S/C15H12O4S/c16-12(9-13(17)15(18)19)14-7-6-11(20-14)8-10-4-2-1-3-5-10/h1-7H,8-9H2,(H,18,19). The zero-order chi connectivity index (χ0) is 14.5. The highest BCUT2D eigenvalue weighted by Crippen LogP contribution is 2.21. The molecule has 0 radical (unpaired) electrons. The number of carbonyl (C=O) groups excluding carboxylic acids is 2. The first-order valence-corrected chi connectivity index (χ1v) is 6.80. The number of carbonyl (C=O) groups is 3. The van der Waals surface area contributed by atoms with Crippen molar-refractivity contribution in [2.45, 2.75) is 12.8 Å². The normalized spacial score (nSPS) is 10.2. The number of carboxylic acids is 1. The van der Waals surface area contributed by atoms with Gasteiger partial charge in [-0.1, -0.05) is 30.3 Å². The molecule has 2 aromatic rings. The Hall–Kier alpha value is -2.27. The first-order chi connectivity index (χ1) is 9.56.